The first-order chi connectivity index (χ1) is 6.22. The van der Waals surface area contributed by atoms with Crippen molar-refractivity contribution in [1.29, 1.82) is 0 Å². The van der Waals surface area contributed by atoms with Gasteiger partial charge in [-0.3, -0.25) is 4.79 Å². The highest BCUT2D eigenvalue weighted by atomic mass is 16.5. The molecule has 0 aromatic rings. The molecule has 0 spiro atoms. The van der Waals surface area contributed by atoms with Crippen molar-refractivity contribution >= 4 is 5.78 Å². The number of rotatable bonds is 8. The second kappa shape index (κ2) is 7.84. The molecule has 0 aromatic heterocycles. The van der Waals surface area contributed by atoms with E-state index in [1.165, 1.54) is 0 Å². The van der Waals surface area contributed by atoms with E-state index in [-0.39, 0.29) is 5.78 Å². The standard InChI is InChI=1S/C11H20O2/c1-4-6-8-11(12)10(3)13-9-7-5-2/h3-9H2,1-2H3. The van der Waals surface area contributed by atoms with Gasteiger partial charge in [0.1, 0.15) is 0 Å². The van der Waals surface area contributed by atoms with Gasteiger partial charge in [-0.05, 0) is 12.8 Å². The van der Waals surface area contributed by atoms with Crippen LogP contribution in [0.15, 0.2) is 12.3 Å². The van der Waals surface area contributed by atoms with E-state index in [1.807, 2.05) is 0 Å². The summed E-state index contributed by atoms with van der Waals surface area (Å²) in [6.07, 6.45) is 4.60. The molecule has 0 fully saturated rings. The molecule has 76 valence electrons. The van der Waals surface area contributed by atoms with E-state index < -0.39 is 0 Å². The topological polar surface area (TPSA) is 26.3 Å². The van der Waals surface area contributed by atoms with Crippen LogP contribution in [-0.2, 0) is 9.53 Å². The van der Waals surface area contributed by atoms with Crippen molar-refractivity contribution in [2.75, 3.05) is 6.61 Å². The second-order valence-corrected chi connectivity index (χ2v) is 3.15. The third-order valence-corrected chi connectivity index (χ3v) is 1.84. The average Bonchev–Trinajstić information content (AvgIpc) is 2.14. The number of hydrogen-bond donors (Lipinski definition) is 0. The zero-order valence-electron chi connectivity index (χ0n) is 8.77. The van der Waals surface area contributed by atoms with Crippen LogP contribution in [0, 0.1) is 0 Å². The van der Waals surface area contributed by atoms with Gasteiger partial charge in [-0.15, -0.1) is 0 Å². The van der Waals surface area contributed by atoms with E-state index in [9.17, 15) is 4.79 Å². The lowest BCUT2D eigenvalue weighted by Crippen LogP contribution is -2.05. The van der Waals surface area contributed by atoms with Crippen LogP contribution in [-0.4, -0.2) is 12.4 Å². The van der Waals surface area contributed by atoms with Crippen LogP contribution in [0.4, 0.5) is 0 Å². The monoisotopic (exact) mass is 184 g/mol. The lowest BCUT2D eigenvalue weighted by atomic mass is 10.2. The van der Waals surface area contributed by atoms with E-state index >= 15 is 0 Å². The van der Waals surface area contributed by atoms with Crippen molar-refractivity contribution in [1.82, 2.24) is 0 Å². The first kappa shape index (κ1) is 12.2. The fourth-order valence-corrected chi connectivity index (χ4v) is 0.897. The van der Waals surface area contributed by atoms with Gasteiger partial charge in [-0.1, -0.05) is 33.3 Å². The molecule has 0 radical (unpaired) electrons. The molecule has 0 heterocycles. The van der Waals surface area contributed by atoms with Gasteiger partial charge in [-0.25, -0.2) is 0 Å². The van der Waals surface area contributed by atoms with Gasteiger partial charge in [0.05, 0.1) is 6.61 Å². The summed E-state index contributed by atoms with van der Waals surface area (Å²) in [6, 6.07) is 0. The van der Waals surface area contributed by atoms with Gasteiger partial charge >= 0.3 is 0 Å². The average molecular weight is 184 g/mol. The zero-order chi connectivity index (χ0) is 10.1. The van der Waals surface area contributed by atoms with Crippen molar-refractivity contribution in [3.8, 4) is 0 Å². The van der Waals surface area contributed by atoms with Crippen molar-refractivity contribution in [2.24, 2.45) is 0 Å². The number of hydrogen-bond acceptors (Lipinski definition) is 2. The number of carbonyl (C=O) groups excluding carboxylic acids is 1. The van der Waals surface area contributed by atoms with E-state index in [4.69, 9.17) is 4.74 Å². The predicted molar refractivity (Wildman–Crippen MR) is 54.5 cm³/mol. The molecule has 0 aliphatic heterocycles. The Balaban J connectivity index is 3.51. The number of carbonyl (C=O) groups is 1. The number of Topliss-reactive ketones (excluding diaryl/α,β-unsaturated/α-hetero) is 1. The van der Waals surface area contributed by atoms with Gasteiger partial charge in [0, 0.05) is 6.42 Å². The first-order valence-corrected chi connectivity index (χ1v) is 5.07. The zero-order valence-corrected chi connectivity index (χ0v) is 8.77. The fourth-order valence-electron chi connectivity index (χ4n) is 0.897. The van der Waals surface area contributed by atoms with Crippen LogP contribution < -0.4 is 0 Å². The van der Waals surface area contributed by atoms with Gasteiger partial charge in [0.15, 0.2) is 11.5 Å². The van der Waals surface area contributed by atoms with Gasteiger partial charge in [-0.2, -0.15) is 0 Å². The smallest absolute Gasteiger partial charge is 0.196 e. The minimum Gasteiger partial charge on any atom is -0.490 e. The Kier molecular flexibility index (Phi) is 7.36. The maximum absolute atomic E-state index is 11.3. The molecule has 0 atom stereocenters. The van der Waals surface area contributed by atoms with Crippen LogP contribution in [0.3, 0.4) is 0 Å². The van der Waals surface area contributed by atoms with Crippen LogP contribution >= 0.6 is 0 Å². The minimum atomic E-state index is 0.0537. The molecule has 0 saturated carbocycles. The summed E-state index contributed by atoms with van der Waals surface area (Å²) in [7, 11) is 0. The van der Waals surface area contributed by atoms with Gasteiger partial charge in [0.25, 0.3) is 0 Å². The van der Waals surface area contributed by atoms with E-state index in [0.29, 0.717) is 18.8 Å². The first-order valence-electron chi connectivity index (χ1n) is 5.07. The van der Waals surface area contributed by atoms with E-state index in [0.717, 1.165) is 25.7 Å². The van der Waals surface area contributed by atoms with Crippen molar-refractivity contribution in [2.45, 2.75) is 46.0 Å². The van der Waals surface area contributed by atoms with Crippen LogP contribution in [0.1, 0.15) is 46.0 Å². The summed E-state index contributed by atoms with van der Waals surface area (Å²) in [5.74, 6) is 0.389. The summed E-state index contributed by atoms with van der Waals surface area (Å²) in [6.45, 7) is 8.38. The summed E-state index contributed by atoms with van der Waals surface area (Å²) in [4.78, 5) is 11.3. The molecule has 0 unspecified atom stereocenters. The quantitative estimate of drug-likeness (QED) is 0.329. The SMILES string of the molecule is C=C(OCCCC)C(=O)CCCC. The number of unbranched alkanes of at least 4 members (excludes halogenated alkanes) is 2. The van der Waals surface area contributed by atoms with Crippen molar-refractivity contribution < 1.29 is 9.53 Å². The number of ketones is 1. The summed E-state index contributed by atoms with van der Waals surface area (Å²) in [5, 5.41) is 0. The number of ether oxygens (including phenoxy) is 1. The molecule has 0 bridgehead atoms. The van der Waals surface area contributed by atoms with E-state index in [2.05, 4.69) is 20.4 Å². The lowest BCUT2D eigenvalue weighted by molar-refractivity contribution is -0.119. The van der Waals surface area contributed by atoms with Crippen LogP contribution in [0.2, 0.25) is 0 Å². The Morgan fingerprint density at radius 3 is 2.38 bits per heavy atom. The Bertz CT molecular complexity index is 161. The molecular weight excluding hydrogens is 164 g/mol. The minimum absolute atomic E-state index is 0.0537. The molecule has 0 aromatic carbocycles. The van der Waals surface area contributed by atoms with Crippen molar-refractivity contribution in [3.05, 3.63) is 12.3 Å². The van der Waals surface area contributed by atoms with Gasteiger partial charge in [0.2, 0.25) is 0 Å². The van der Waals surface area contributed by atoms with E-state index in [1.54, 1.807) is 0 Å². The molecule has 13 heavy (non-hydrogen) atoms. The summed E-state index contributed by atoms with van der Waals surface area (Å²) in [5.41, 5.74) is 0. The lowest BCUT2D eigenvalue weighted by Gasteiger charge is -2.06. The Hall–Kier alpha value is -0.790. The second-order valence-electron chi connectivity index (χ2n) is 3.15. The Morgan fingerprint density at radius 1 is 1.23 bits per heavy atom. The van der Waals surface area contributed by atoms with Crippen molar-refractivity contribution in [3.63, 3.8) is 0 Å². The predicted octanol–water partition coefficient (Wildman–Crippen LogP) is 3.08. The maximum atomic E-state index is 11.3. The number of allylic oxidation sites excluding steroid dienone is 1. The van der Waals surface area contributed by atoms with Gasteiger partial charge < -0.3 is 4.74 Å². The Morgan fingerprint density at radius 2 is 1.85 bits per heavy atom. The fraction of sp³-hybridized carbons (Fsp3) is 0.727. The molecule has 0 N–H and O–H groups in total. The summed E-state index contributed by atoms with van der Waals surface area (Å²) >= 11 is 0. The summed E-state index contributed by atoms with van der Waals surface area (Å²) < 4.78 is 5.20. The highest BCUT2D eigenvalue weighted by Crippen LogP contribution is 2.05. The molecule has 0 aliphatic rings. The third kappa shape index (κ3) is 6.38. The molecule has 0 amide bonds. The largest absolute Gasteiger partial charge is 0.490 e. The molecule has 0 aliphatic carbocycles. The molecule has 2 heteroatoms. The normalized spacial score (nSPS) is 9.69. The van der Waals surface area contributed by atoms with Crippen LogP contribution in [0.25, 0.3) is 0 Å². The highest BCUT2D eigenvalue weighted by molar-refractivity contribution is 5.92. The Labute approximate surface area is 81.0 Å². The molecule has 0 saturated heterocycles. The molecule has 0 rings (SSSR count). The third-order valence-electron chi connectivity index (χ3n) is 1.84. The maximum Gasteiger partial charge on any atom is 0.196 e. The molecule has 2 nitrogen and oxygen atoms in total. The van der Waals surface area contributed by atoms with Crippen LogP contribution in [0.5, 0.6) is 0 Å². The highest BCUT2D eigenvalue weighted by Gasteiger charge is 2.06. The molecular formula is C11H20O2.